The zero-order chi connectivity index (χ0) is 22.5. The second-order valence-corrected chi connectivity index (χ2v) is 6.76. The minimum atomic E-state index is -0.825. The largest absolute Gasteiger partial charge is 0.475 e. The van der Waals surface area contributed by atoms with Crippen molar-refractivity contribution in [3.8, 4) is 11.5 Å². The molecule has 31 heavy (non-hydrogen) atoms. The molecule has 160 valence electrons. The number of hydrogen-bond donors (Lipinski definition) is 1. The molecule has 3 rings (SSSR count). The molecule has 0 aliphatic rings. The lowest BCUT2D eigenvalue weighted by atomic mass is 10.1. The van der Waals surface area contributed by atoms with Crippen LogP contribution in [0.25, 0.3) is 11.0 Å². The number of carbonyl (C=O) groups excluding carboxylic acids is 2. The van der Waals surface area contributed by atoms with Gasteiger partial charge in [0.1, 0.15) is 16.9 Å². The topological polar surface area (TPSA) is 138 Å². The first-order valence-electron chi connectivity index (χ1n) is 9.20. The van der Waals surface area contributed by atoms with Gasteiger partial charge >= 0.3 is 17.3 Å². The average Bonchev–Trinajstić information content (AvgIpc) is 2.71. The van der Waals surface area contributed by atoms with Gasteiger partial charge in [0.15, 0.2) is 12.4 Å². The Labute approximate surface area is 175 Å². The van der Waals surface area contributed by atoms with Crippen molar-refractivity contribution in [3.05, 3.63) is 74.6 Å². The van der Waals surface area contributed by atoms with Crippen LogP contribution in [0.1, 0.15) is 24.2 Å². The zero-order valence-electron chi connectivity index (χ0n) is 16.6. The number of fused-ring (bicyclic) bond motifs is 1. The van der Waals surface area contributed by atoms with E-state index >= 15 is 0 Å². The molecule has 0 aliphatic carbocycles. The monoisotopic (exact) mass is 426 g/mol. The molecular formula is C21H18N2O8. The molecule has 0 saturated carbocycles. The number of esters is 1. The highest BCUT2D eigenvalue weighted by atomic mass is 16.6. The fourth-order valence-electron chi connectivity index (χ4n) is 2.68. The van der Waals surface area contributed by atoms with E-state index < -0.39 is 29.0 Å². The van der Waals surface area contributed by atoms with Crippen molar-refractivity contribution in [2.75, 3.05) is 6.61 Å². The Balaban J connectivity index is 1.72. The number of nitro groups is 1. The third kappa shape index (κ3) is 5.24. The minimum Gasteiger partial charge on any atom is -0.475 e. The summed E-state index contributed by atoms with van der Waals surface area (Å²) >= 11 is 0. The Morgan fingerprint density at radius 2 is 1.90 bits per heavy atom. The molecule has 2 aromatic carbocycles. The number of hydrogen-bond acceptors (Lipinski definition) is 8. The maximum absolute atomic E-state index is 12.1. The first kappa shape index (κ1) is 21.5. The number of carbonyl (C=O) groups is 2. The smallest absolute Gasteiger partial charge is 0.349 e. The van der Waals surface area contributed by atoms with Crippen molar-refractivity contribution >= 4 is 28.5 Å². The van der Waals surface area contributed by atoms with E-state index in [2.05, 4.69) is 5.32 Å². The number of nitro benzene ring substituents is 1. The zero-order valence-corrected chi connectivity index (χ0v) is 16.6. The van der Waals surface area contributed by atoms with Crippen LogP contribution in [-0.2, 0) is 4.79 Å². The Bertz CT molecular complexity index is 1220. The highest BCUT2D eigenvalue weighted by molar-refractivity contribution is 5.96. The standard InChI is InChI=1S/C21H18N2O8/c1-12(2)22-20(25)15-9-13-7-8-14(10-18(13)31-21(15)26)30-19(24)11-29-17-6-4-3-5-16(17)23(27)28/h3-10,12H,11H2,1-2H3,(H,22,25). The molecule has 0 atom stereocenters. The number of ether oxygens (including phenoxy) is 2. The Morgan fingerprint density at radius 3 is 2.61 bits per heavy atom. The van der Waals surface area contributed by atoms with Crippen molar-refractivity contribution in [1.29, 1.82) is 0 Å². The molecule has 0 bridgehead atoms. The molecule has 1 heterocycles. The molecule has 0 radical (unpaired) electrons. The number of rotatable bonds is 7. The second-order valence-electron chi connectivity index (χ2n) is 6.76. The van der Waals surface area contributed by atoms with Gasteiger partial charge in [0.05, 0.1) is 4.92 Å². The van der Waals surface area contributed by atoms with Crippen molar-refractivity contribution in [3.63, 3.8) is 0 Å². The summed E-state index contributed by atoms with van der Waals surface area (Å²) in [4.78, 5) is 46.6. The fourth-order valence-corrected chi connectivity index (χ4v) is 2.68. The lowest BCUT2D eigenvalue weighted by molar-refractivity contribution is -0.385. The summed E-state index contributed by atoms with van der Waals surface area (Å²) in [6, 6.07) is 11.2. The fraction of sp³-hybridized carbons (Fsp3) is 0.190. The van der Waals surface area contributed by atoms with E-state index in [-0.39, 0.29) is 34.4 Å². The highest BCUT2D eigenvalue weighted by Crippen LogP contribution is 2.26. The normalized spacial score (nSPS) is 10.7. The van der Waals surface area contributed by atoms with Gasteiger partial charge in [0.2, 0.25) is 0 Å². The summed E-state index contributed by atoms with van der Waals surface area (Å²) in [7, 11) is 0. The lowest BCUT2D eigenvalue weighted by Gasteiger charge is -2.09. The summed E-state index contributed by atoms with van der Waals surface area (Å²) < 4.78 is 15.5. The van der Waals surface area contributed by atoms with Gasteiger partial charge in [-0.05, 0) is 38.1 Å². The van der Waals surface area contributed by atoms with Crippen LogP contribution >= 0.6 is 0 Å². The van der Waals surface area contributed by atoms with Crippen LogP contribution in [0, 0.1) is 10.1 Å². The van der Waals surface area contributed by atoms with E-state index in [1.54, 1.807) is 13.8 Å². The molecule has 0 saturated heterocycles. The van der Waals surface area contributed by atoms with Crippen LogP contribution in [0.5, 0.6) is 11.5 Å². The van der Waals surface area contributed by atoms with Gasteiger partial charge in [-0.15, -0.1) is 0 Å². The minimum absolute atomic E-state index is 0.0684. The molecule has 1 N–H and O–H groups in total. The first-order valence-corrected chi connectivity index (χ1v) is 9.20. The Morgan fingerprint density at radius 1 is 1.16 bits per heavy atom. The van der Waals surface area contributed by atoms with Gasteiger partial charge in [-0.1, -0.05) is 12.1 Å². The van der Waals surface area contributed by atoms with E-state index in [4.69, 9.17) is 13.9 Å². The number of para-hydroxylation sites is 2. The quantitative estimate of drug-likeness (QED) is 0.200. The van der Waals surface area contributed by atoms with E-state index in [0.29, 0.717) is 5.39 Å². The molecule has 0 fully saturated rings. The van der Waals surface area contributed by atoms with Crippen LogP contribution in [-0.4, -0.2) is 29.4 Å². The molecule has 1 amide bonds. The van der Waals surface area contributed by atoms with Crippen LogP contribution < -0.4 is 20.4 Å². The number of amides is 1. The Hall–Kier alpha value is -4.21. The molecule has 0 unspecified atom stereocenters. The third-order valence-corrected chi connectivity index (χ3v) is 4.01. The Kier molecular flexibility index (Phi) is 6.29. The third-order valence-electron chi connectivity index (χ3n) is 4.01. The van der Waals surface area contributed by atoms with Gasteiger partial charge in [-0.25, -0.2) is 9.59 Å². The maximum Gasteiger partial charge on any atom is 0.349 e. The molecule has 1 aromatic heterocycles. The number of nitrogens with one attached hydrogen (secondary N) is 1. The van der Waals surface area contributed by atoms with Crippen LogP contribution in [0.15, 0.2) is 57.7 Å². The van der Waals surface area contributed by atoms with Crippen LogP contribution in [0.2, 0.25) is 0 Å². The van der Waals surface area contributed by atoms with E-state index in [1.165, 1.54) is 48.5 Å². The highest BCUT2D eigenvalue weighted by Gasteiger charge is 2.17. The van der Waals surface area contributed by atoms with E-state index in [9.17, 15) is 24.5 Å². The lowest BCUT2D eigenvalue weighted by Crippen LogP contribution is -2.33. The van der Waals surface area contributed by atoms with Gasteiger partial charge in [-0.2, -0.15) is 0 Å². The molecular weight excluding hydrogens is 408 g/mol. The SMILES string of the molecule is CC(C)NC(=O)c1cc2ccc(OC(=O)COc3ccccc3[N+](=O)[O-])cc2oc1=O. The predicted octanol–water partition coefficient (Wildman–Crippen LogP) is 2.82. The summed E-state index contributed by atoms with van der Waals surface area (Å²) in [6.45, 7) is 2.96. The second kappa shape index (κ2) is 9.08. The number of benzene rings is 2. The summed E-state index contributed by atoms with van der Waals surface area (Å²) in [6.07, 6.45) is 0. The maximum atomic E-state index is 12.1. The average molecular weight is 426 g/mol. The molecule has 0 aliphatic heterocycles. The molecule has 10 heteroatoms. The number of nitrogens with zero attached hydrogens (tertiary/aromatic N) is 1. The summed E-state index contributed by atoms with van der Waals surface area (Å²) in [5.74, 6) is -1.35. The molecule has 10 nitrogen and oxygen atoms in total. The van der Waals surface area contributed by atoms with Crippen molar-refractivity contribution in [1.82, 2.24) is 5.32 Å². The van der Waals surface area contributed by atoms with Crippen molar-refractivity contribution in [2.45, 2.75) is 19.9 Å². The summed E-state index contributed by atoms with van der Waals surface area (Å²) in [5.41, 5.74) is -1.12. The first-order chi connectivity index (χ1) is 14.7. The van der Waals surface area contributed by atoms with Gasteiger partial charge in [0, 0.05) is 23.6 Å². The van der Waals surface area contributed by atoms with Crippen LogP contribution in [0.4, 0.5) is 5.69 Å². The van der Waals surface area contributed by atoms with Crippen LogP contribution in [0.3, 0.4) is 0 Å². The van der Waals surface area contributed by atoms with E-state index in [0.717, 1.165) is 0 Å². The van der Waals surface area contributed by atoms with Gasteiger partial charge < -0.3 is 19.2 Å². The van der Waals surface area contributed by atoms with Gasteiger partial charge in [-0.3, -0.25) is 14.9 Å². The van der Waals surface area contributed by atoms with Gasteiger partial charge in [0.25, 0.3) is 5.91 Å². The van der Waals surface area contributed by atoms with Crippen molar-refractivity contribution in [2.24, 2.45) is 0 Å². The van der Waals surface area contributed by atoms with E-state index in [1.807, 2.05) is 0 Å². The summed E-state index contributed by atoms with van der Waals surface area (Å²) in [5, 5.41) is 14.1. The molecule has 3 aromatic rings. The molecule has 0 spiro atoms. The van der Waals surface area contributed by atoms with Crippen molar-refractivity contribution < 1.29 is 28.4 Å². The predicted molar refractivity (Wildman–Crippen MR) is 109 cm³/mol.